The van der Waals surface area contributed by atoms with Crippen LogP contribution in [0, 0.1) is 19.7 Å². The van der Waals surface area contributed by atoms with Crippen LogP contribution in [0.25, 0.3) is 0 Å². The largest absolute Gasteiger partial charge is 0.369 e. The molecular formula is C13H16FN3O. The molecule has 0 radical (unpaired) electrons. The Hall–Kier alpha value is -1.88. The molecule has 0 bridgehead atoms. The number of aryl methyl sites for hydroxylation is 2. The Bertz CT molecular complexity index is 542. The topological polar surface area (TPSA) is 50.1 Å². The molecule has 2 aromatic rings. The first kappa shape index (κ1) is 12.6. The van der Waals surface area contributed by atoms with Crippen molar-refractivity contribution in [2.75, 3.05) is 5.32 Å². The van der Waals surface area contributed by atoms with E-state index in [9.17, 15) is 9.50 Å². The number of aliphatic hydroxyl groups is 1. The molecule has 0 aliphatic heterocycles. The first-order chi connectivity index (χ1) is 8.49. The lowest BCUT2D eigenvalue weighted by Gasteiger charge is -2.16. The maximum absolute atomic E-state index is 13.6. The lowest BCUT2D eigenvalue weighted by atomic mass is 10.0. The van der Waals surface area contributed by atoms with E-state index in [-0.39, 0.29) is 5.82 Å². The van der Waals surface area contributed by atoms with Gasteiger partial charge in [0.25, 0.3) is 0 Å². The highest BCUT2D eigenvalue weighted by Gasteiger charge is 2.12. The molecule has 1 atom stereocenters. The molecule has 5 heteroatoms. The Morgan fingerprint density at radius 1 is 1.39 bits per heavy atom. The first-order valence-corrected chi connectivity index (χ1v) is 5.68. The van der Waals surface area contributed by atoms with Crippen molar-refractivity contribution in [1.82, 2.24) is 9.78 Å². The summed E-state index contributed by atoms with van der Waals surface area (Å²) in [6.45, 7) is 3.54. The highest BCUT2D eigenvalue weighted by Crippen LogP contribution is 2.21. The van der Waals surface area contributed by atoms with Gasteiger partial charge in [0, 0.05) is 18.7 Å². The first-order valence-electron chi connectivity index (χ1n) is 5.68. The van der Waals surface area contributed by atoms with Crippen LogP contribution in [0.2, 0.25) is 0 Å². The van der Waals surface area contributed by atoms with Crippen molar-refractivity contribution in [3.05, 3.63) is 46.9 Å². The number of benzene rings is 1. The molecular weight excluding hydrogens is 233 g/mol. The third-order valence-electron chi connectivity index (χ3n) is 3.05. The second kappa shape index (κ2) is 4.78. The Morgan fingerprint density at radius 3 is 2.67 bits per heavy atom. The second-order valence-electron chi connectivity index (χ2n) is 4.33. The van der Waals surface area contributed by atoms with Gasteiger partial charge >= 0.3 is 0 Å². The molecule has 0 fully saturated rings. The van der Waals surface area contributed by atoms with E-state index in [1.807, 2.05) is 6.92 Å². The minimum Gasteiger partial charge on any atom is -0.369 e. The van der Waals surface area contributed by atoms with Gasteiger partial charge < -0.3 is 10.4 Å². The summed E-state index contributed by atoms with van der Waals surface area (Å²) in [5.41, 5.74) is 1.92. The van der Waals surface area contributed by atoms with Gasteiger partial charge in [0.1, 0.15) is 11.6 Å². The molecule has 0 aliphatic carbocycles. The molecule has 4 nitrogen and oxygen atoms in total. The highest BCUT2D eigenvalue weighted by atomic mass is 19.1. The van der Waals surface area contributed by atoms with Crippen molar-refractivity contribution in [3.63, 3.8) is 0 Å². The predicted molar refractivity (Wildman–Crippen MR) is 67.7 cm³/mol. The van der Waals surface area contributed by atoms with Gasteiger partial charge in [-0.3, -0.25) is 4.68 Å². The van der Waals surface area contributed by atoms with E-state index in [0.29, 0.717) is 16.9 Å². The van der Waals surface area contributed by atoms with Gasteiger partial charge in [0.15, 0.2) is 6.23 Å². The number of halogens is 1. The SMILES string of the molecule is Cc1cc(C(O)Nc2ccnn2C)cc(F)c1C. The Kier molecular flexibility index (Phi) is 3.34. The maximum atomic E-state index is 13.6. The van der Waals surface area contributed by atoms with E-state index in [1.54, 1.807) is 37.0 Å². The maximum Gasteiger partial charge on any atom is 0.152 e. The zero-order chi connectivity index (χ0) is 13.3. The molecule has 1 aromatic heterocycles. The molecule has 0 aliphatic rings. The minimum atomic E-state index is -0.964. The molecule has 0 saturated carbocycles. The quantitative estimate of drug-likeness (QED) is 0.820. The van der Waals surface area contributed by atoms with Crippen LogP contribution in [0.1, 0.15) is 22.9 Å². The van der Waals surface area contributed by atoms with Gasteiger partial charge in [-0.2, -0.15) is 5.10 Å². The Balaban J connectivity index is 2.24. The fourth-order valence-corrected chi connectivity index (χ4v) is 1.74. The van der Waals surface area contributed by atoms with E-state index >= 15 is 0 Å². The number of anilines is 1. The van der Waals surface area contributed by atoms with E-state index in [1.165, 1.54) is 6.07 Å². The summed E-state index contributed by atoms with van der Waals surface area (Å²) < 4.78 is 15.2. The highest BCUT2D eigenvalue weighted by molar-refractivity contribution is 5.39. The summed E-state index contributed by atoms with van der Waals surface area (Å²) in [6.07, 6.45) is 0.657. The molecule has 0 spiro atoms. The fourth-order valence-electron chi connectivity index (χ4n) is 1.74. The van der Waals surface area contributed by atoms with Crippen molar-refractivity contribution in [1.29, 1.82) is 0 Å². The van der Waals surface area contributed by atoms with Gasteiger partial charge in [-0.05, 0) is 31.0 Å². The molecule has 0 amide bonds. The van der Waals surface area contributed by atoms with Crippen LogP contribution in [0.3, 0.4) is 0 Å². The molecule has 1 unspecified atom stereocenters. The zero-order valence-electron chi connectivity index (χ0n) is 10.6. The summed E-state index contributed by atoms with van der Waals surface area (Å²) in [6, 6.07) is 4.85. The number of nitrogens with one attached hydrogen (secondary N) is 1. The average molecular weight is 249 g/mol. The number of hydrogen-bond acceptors (Lipinski definition) is 3. The molecule has 1 heterocycles. The number of nitrogens with zero attached hydrogens (tertiary/aromatic N) is 2. The van der Waals surface area contributed by atoms with Crippen molar-refractivity contribution in [2.24, 2.45) is 7.05 Å². The van der Waals surface area contributed by atoms with Gasteiger partial charge in [-0.15, -0.1) is 0 Å². The Labute approximate surface area is 105 Å². The number of hydrogen-bond donors (Lipinski definition) is 2. The third kappa shape index (κ3) is 2.36. The van der Waals surface area contributed by atoms with Gasteiger partial charge in [-0.1, -0.05) is 6.07 Å². The number of rotatable bonds is 3. The average Bonchev–Trinajstić information content (AvgIpc) is 2.71. The van der Waals surface area contributed by atoms with Crippen LogP contribution in [0.15, 0.2) is 24.4 Å². The van der Waals surface area contributed by atoms with Crippen molar-refractivity contribution < 1.29 is 9.50 Å². The van der Waals surface area contributed by atoms with E-state index in [0.717, 1.165) is 5.56 Å². The summed E-state index contributed by atoms with van der Waals surface area (Å²) in [5, 5.41) is 16.9. The van der Waals surface area contributed by atoms with Crippen LogP contribution in [0.4, 0.5) is 10.2 Å². The van der Waals surface area contributed by atoms with E-state index in [4.69, 9.17) is 0 Å². The third-order valence-corrected chi connectivity index (χ3v) is 3.05. The second-order valence-corrected chi connectivity index (χ2v) is 4.33. The van der Waals surface area contributed by atoms with Crippen LogP contribution in [0.5, 0.6) is 0 Å². The molecule has 96 valence electrons. The lowest BCUT2D eigenvalue weighted by molar-refractivity contribution is 0.206. The molecule has 0 saturated heterocycles. The normalized spacial score (nSPS) is 12.5. The van der Waals surface area contributed by atoms with Crippen molar-refractivity contribution in [3.8, 4) is 0 Å². The van der Waals surface area contributed by atoms with Crippen molar-refractivity contribution >= 4 is 5.82 Å². The monoisotopic (exact) mass is 249 g/mol. The summed E-state index contributed by atoms with van der Waals surface area (Å²) in [4.78, 5) is 0. The van der Waals surface area contributed by atoms with Crippen LogP contribution < -0.4 is 5.32 Å². The fraction of sp³-hybridized carbons (Fsp3) is 0.308. The smallest absolute Gasteiger partial charge is 0.152 e. The van der Waals surface area contributed by atoms with Crippen LogP contribution in [-0.2, 0) is 7.05 Å². The summed E-state index contributed by atoms with van der Waals surface area (Å²) >= 11 is 0. The molecule has 1 aromatic carbocycles. The van der Waals surface area contributed by atoms with Gasteiger partial charge in [0.2, 0.25) is 0 Å². The Morgan fingerprint density at radius 2 is 2.11 bits per heavy atom. The minimum absolute atomic E-state index is 0.309. The van der Waals surface area contributed by atoms with Crippen molar-refractivity contribution in [2.45, 2.75) is 20.1 Å². The molecule has 18 heavy (non-hydrogen) atoms. The zero-order valence-corrected chi connectivity index (χ0v) is 10.6. The van der Waals surface area contributed by atoms with Gasteiger partial charge in [0.05, 0.1) is 6.20 Å². The molecule has 2 N–H and O–H groups in total. The standard InChI is InChI=1S/C13H16FN3O/c1-8-6-10(7-11(14)9(8)2)13(18)16-12-4-5-15-17(12)3/h4-7,13,16,18H,1-3H3. The van der Waals surface area contributed by atoms with Crippen LogP contribution in [-0.4, -0.2) is 14.9 Å². The van der Waals surface area contributed by atoms with Crippen LogP contribution >= 0.6 is 0 Å². The number of aliphatic hydroxyl groups excluding tert-OH is 1. The predicted octanol–water partition coefficient (Wildman–Crippen LogP) is 2.28. The lowest BCUT2D eigenvalue weighted by Crippen LogP contribution is -2.13. The van der Waals surface area contributed by atoms with E-state index in [2.05, 4.69) is 10.4 Å². The van der Waals surface area contributed by atoms with Gasteiger partial charge in [-0.25, -0.2) is 4.39 Å². The summed E-state index contributed by atoms with van der Waals surface area (Å²) in [5.74, 6) is 0.358. The molecule has 2 rings (SSSR count). The van der Waals surface area contributed by atoms with E-state index < -0.39 is 6.23 Å². The number of aromatic nitrogens is 2. The summed E-state index contributed by atoms with van der Waals surface area (Å²) in [7, 11) is 1.76.